The predicted octanol–water partition coefficient (Wildman–Crippen LogP) is -1.78. The topological polar surface area (TPSA) is 95.7 Å². The minimum Gasteiger partial charge on any atom is -0.480 e. The second-order valence-corrected chi connectivity index (χ2v) is 3.23. The first-order valence-electron chi connectivity index (χ1n) is 4.58. The van der Waals surface area contributed by atoms with Crippen LogP contribution in [0.3, 0.4) is 0 Å². The van der Waals surface area contributed by atoms with Gasteiger partial charge in [0.25, 0.3) is 0 Å². The van der Waals surface area contributed by atoms with E-state index in [4.69, 9.17) is 10.8 Å². The van der Waals surface area contributed by atoms with E-state index in [0.29, 0.717) is 26.1 Å². The lowest BCUT2D eigenvalue weighted by atomic mass is 10.2. The Morgan fingerprint density at radius 3 is 2.93 bits per heavy atom. The highest BCUT2D eigenvalue weighted by Gasteiger charge is 2.25. The van der Waals surface area contributed by atoms with E-state index >= 15 is 0 Å². The van der Waals surface area contributed by atoms with Gasteiger partial charge >= 0.3 is 5.97 Å². The minimum absolute atomic E-state index is 0.0336. The normalized spacial score (nSPS) is 21.1. The number of nitrogens with zero attached hydrogens (tertiary/aromatic N) is 1. The summed E-state index contributed by atoms with van der Waals surface area (Å²) in [5.41, 5.74) is 5.36. The molecule has 14 heavy (non-hydrogen) atoms. The van der Waals surface area contributed by atoms with Crippen LogP contribution in [0, 0.1) is 0 Å². The third kappa shape index (κ3) is 2.68. The molecule has 1 atom stereocenters. The molecule has 4 N–H and O–H groups in total. The van der Waals surface area contributed by atoms with Crippen molar-refractivity contribution < 1.29 is 14.7 Å². The Morgan fingerprint density at radius 1 is 1.64 bits per heavy atom. The van der Waals surface area contributed by atoms with Crippen LogP contribution < -0.4 is 11.1 Å². The summed E-state index contributed by atoms with van der Waals surface area (Å²) in [6.45, 7) is 1.56. The van der Waals surface area contributed by atoms with Crippen LogP contribution in [0.5, 0.6) is 0 Å². The zero-order valence-electron chi connectivity index (χ0n) is 7.90. The first-order chi connectivity index (χ1) is 6.65. The van der Waals surface area contributed by atoms with Gasteiger partial charge in [-0.3, -0.25) is 14.5 Å². The van der Waals surface area contributed by atoms with Gasteiger partial charge in [0, 0.05) is 32.6 Å². The van der Waals surface area contributed by atoms with Gasteiger partial charge in [-0.2, -0.15) is 0 Å². The Labute approximate surface area is 82.1 Å². The number of aliphatic carboxylic acids is 1. The average Bonchev–Trinajstić information content (AvgIpc) is 2.32. The van der Waals surface area contributed by atoms with E-state index in [0.717, 1.165) is 0 Å². The molecular weight excluding hydrogens is 186 g/mol. The number of hydrogen-bond donors (Lipinski definition) is 3. The number of nitrogens with two attached hydrogens (primary N) is 1. The maximum Gasteiger partial charge on any atom is 0.322 e. The molecule has 0 spiro atoms. The number of carboxylic acid groups (broad SMARTS) is 1. The number of rotatable bonds is 3. The fourth-order valence-corrected chi connectivity index (χ4v) is 1.50. The Bertz CT molecular complexity index is 232. The molecule has 0 radical (unpaired) electrons. The van der Waals surface area contributed by atoms with Crippen molar-refractivity contribution in [2.45, 2.75) is 12.5 Å². The summed E-state index contributed by atoms with van der Waals surface area (Å²) in [6, 6.07) is -0.678. The van der Waals surface area contributed by atoms with Gasteiger partial charge in [0.1, 0.15) is 6.04 Å². The third-order valence-electron chi connectivity index (χ3n) is 2.30. The van der Waals surface area contributed by atoms with Gasteiger partial charge in [-0.15, -0.1) is 0 Å². The first kappa shape index (κ1) is 10.9. The summed E-state index contributed by atoms with van der Waals surface area (Å²) in [5.74, 6) is -0.962. The number of amides is 1. The second-order valence-electron chi connectivity index (χ2n) is 3.23. The maximum absolute atomic E-state index is 11.0. The molecule has 1 saturated heterocycles. The molecule has 1 unspecified atom stereocenters. The molecule has 1 rings (SSSR count). The third-order valence-corrected chi connectivity index (χ3v) is 2.30. The van der Waals surface area contributed by atoms with Crippen LogP contribution in [0.4, 0.5) is 0 Å². The molecule has 0 aromatic carbocycles. The Morgan fingerprint density at radius 2 is 2.36 bits per heavy atom. The van der Waals surface area contributed by atoms with Crippen LogP contribution >= 0.6 is 0 Å². The van der Waals surface area contributed by atoms with Crippen molar-refractivity contribution in [1.82, 2.24) is 10.2 Å². The summed E-state index contributed by atoms with van der Waals surface area (Å²) in [4.78, 5) is 23.5. The Hall–Kier alpha value is -1.14. The Balaban J connectivity index is 2.57. The van der Waals surface area contributed by atoms with Gasteiger partial charge in [0.2, 0.25) is 5.91 Å². The van der Waals surface area contributed by atoms with Gasteiger partial charge in [0.05, 0.1) is 0 Å². The SMILES string of the molecule is NCC(C(=O)O)N1CCNC(=O)CC1. The lowest BCUT2D eigenvalue weighted by molar-refractivity contribution is -0.143. The zero-order chi connectivity index (χ0) is 10.6. The van der Waals surface area contributed by atoms with Crippen LogP contribution in [0.15, 0.2) is 0 Å². The van der Waals surface area contributed by atoms with Crippen LogP contribution in [0.2, 0.25) is 0 Å². The highest BCUT2D eigenvalue weighted by molar-refractivity contribution is 5.77. The van der Waals surface area contributed by atoms with Crippen molar-refractivity contribution in [3.05, 3.63) is 0 Å². The van der Waals surface area contributed by atoms with Crippen molar-refractivity contribution >= 4 is 11.9 Å². The predicted molar refractivity (Wildman–Crippen MR) is 49.7 cm³/mol. The lowest BCUT2D eigenvalue weighted by Gasteiger charge is -2.25. The molecule has 1 heterocycles. The van der Waals surface area contributed by atoms with Gasteiger partial charge in [0.15, 0.2) is 0 Å². The molecule has 0 bridgehead atoms. The summed E-state index contributed by atoms with van der Waals surface area (Å²) in [7, 11) is 0. The van der Waals surface area contributed by atoms with Crippen molar-refractivity contribution in [2.75, 3.05) is 26.2 Å². The van der Waals surface area contributed by atoms with E-state index in [9.17, 15) is 9.59 Å². The van der Waals surface area contributed by atoms with Crippen LogP contribution in [0.1, 0.15) is 6.42 Å². The minimum atomic E-state index is -0.929. The first-order valence-corrected chi connectivity index (χ1v) is 4.58. The molecule has 1 amide bonds. The van der Waals surface area contributed by atoms with Gasteiger partial charge in [-0.25, -0.2) is 0 Å². The quantitative estimate of drug-likeness (QED) is 0.501. The highest BCUT2D eigenvalue weighted by Crippen LogP contribution is 2.02. The van der Waals surface area contributed by atoms with E-state index in [1.807, 2.05) is 0 Å². The fraction of sp³-hybridized carbons (Fsp3) is 0.750. The molecule has 0 aliphatic carbocycles. The highest BCUT2D eigenvalue weighted by atomic mass is 16.4. The van der Waals surface area contributed by atoms with Gasteiger partial charge < -0.3 is 16.2 Å². The maximum atomic E-state index is 11.0. The van der Waals surface area contributed by atoms with Crippen molar-refractivity contribution in [1.29, 1.82) is 0 Å². The lowest BCUT2D eigenvalue weighted by Crippen LogP contribution is -2.47. The number of nitrogens with one attached hydrogen (secondary N) is 1. The number of carboxylic acids is 1. The van der Waals surface area contributed by atoms with Gasteiger partial charge in [-0.05, 0) is 0 Å². The molecule has 6 nitrogen and oxygen atoms in total. The van der Waals surface area contributed by atoms with Crippen LogP contribution in [-0.2, 0) is 9.59 Å². The van der Waals surface area contributed by atoms with Crippen molar-refractivity contribution in [3.63, 3.8) is 0 Å². The van der Waals surface area contributed by atoms with E-state index in [-0.39, 0.29) is 12.5 Å². The Kier molecular flexibility index (Phi) is 3.84. The van der Waals surface area contributed by atoms with E-state index in [2.05, 4.69) is 5.32 Å². The number of carbonyl (C=O) groups excluding carboxylic acids is 1. The van der Waals surface area contributed by atoms with Crippen molar-refractivity contribution in [2.24, 2.45) is 5.73 Å². The van der Waals surface area contributed by atoms with Crippen LogP contribution in [-0.4, -0.2) is 54.1 Å². The van der Waals surface area contributed by atoms with Gasteiger partial charge in [-0.1, -0.05) is 0 Å². The molecule has 0 saturated carbocycles. The largest absolute Gasteiger partial charge is 0.480 e. The summed E-state index contributed by atoms with van der Waals surface area (Å²) in [5, 5.41) is 11.5. The molecule has 0 aromatic heterocycles. The van der Waals surface area contributed by atoms with Crippen molar-refractivity contribution in [3.8, 4) is 0 Å². The summed E-state index contributed by atoms with van der Waals surface area (Å²) < 4.78 is 0. The van der Waals surface area contributed by atoms with E-state index in [1.54, 1.807) is 4.90 Å². The molecule has 0 aromatic rings. The second kappa shape index (κ2) is 4.92. The fourth-order valence-electron chi connectivity index (χ4n) is 1.50. The summed E-state index contributed by atoms with van der Waals surface area (Å²) in [6.07, 6.45) is 0.337. The number of carbonyl (C=O) groups is 2. The molecule has 1 aliphatic rings. The number of hydrogen-bond acceptors (Lipinski definition) is 4. The standard InChI is InChI=1S/C8H15N3O3/c9-5-6(8(13)14)11-3-1-7(12)10-2-4-11/h6H,1-5,9H2,(H,10,12)(H,13,14). The monoisotopic (exact) mass is 201 g/mol. The molecule has 6 heteroatoms. The summed E-state index contributed by atoms with van der Waals surface area (Å²) >= 11 is 0. The van der Waals surface area contributed by atoms with Crippen LogP contribution in [0.25, 0.3) is 0 Å². The molecule has 80 valence electrons. The average molecular weight is 201 g/mol. The van der Waals surface area contributed by atoms with E-state index < -0.39 is 12.0 Å². The van der Waals surface area contributed by atoms with E-state index in [1.165, 1.54) is 0 Å². The zero-order valence-corrected chi connectivity index (χ0v) is 7.90. The molecular formula is C8H15N3O3. The molecule has 1 fully saturated rings. The molecule has 1 aliphatic heterocycles. The smallest absolute Gasteiger partial charge is 0.322 e.